The van der Waals surface area contributed by atoms with E-state index in [1.807, 2.05) is 0 Å². The van der Waals surface area contributed by atoms with Crippen LogP contribution in [0.5, 0.6) is 0 Å². The number of nitrogens with one attached hydrogen (secondary N) is 2. The van der Waals surface area contributed by atoms with Gasteiger partial charge in [0.15, 0.2) is 11.6 Å². The monoisotopic (exact) mass is 534 g/mol. The van der Waals surface area contributed by atoms with Gasteiger partial charge in [0, 0.05) is 17.7 Å². The number of likely N-dealkylation sites (N-methyl/N-ethyl adjacent to an activating group) is 1. The van der Waals surface area contributed by atoms with Crippen molar-refractivity contribution in [3.8, 4) is 0 Å². The highest BCUT2D eigenvalue weighted by atomic mass is 35.5. The van der Waals surface area contributed by atoms with Crippen LogP contribution < -0.4 is 10.6 Å². The molecule has 0 spiro atoms. The minimum Gasteiger partial charge on any atom is -0.394 e. The van der Waals surface area contributed by atoms with Gasteiger partial charge in [-0.2, -0.15) is 13.2 Å². The van der Waals surface area contributed by atoms with Crippen LogP contribution in [-0.4, -0.2) is 48.1 Å². The van der Waals surface area contributed by atoms with E-state index in [1.165, 1.54) is 19.1 Å². The van der Waals surface area contributed by atoms with Crippen molar-refractivity contribution >= 4 is 46.4 Å². The van der Waals surface area contributed by atoms with Gasteiger partial charge in [0.1, 0.15) is 6.04 Å². The molecule has 6 nitrogen and oxygen atoms in total. The van der Waals surface area contributed by atoms with Gasteiger partial charge in [-0.05, 0) is 55.3 Å². The minimum atomic E-state index is -4.99. The molecule has 0 saturated heterocycles. The Hall–Kier alpha value is -2.95. The number of hydrogen-bond donors (Lipinski definition) is 3. The Labute approximate surface area is 207 Å². The van der Waals surface area contributed by atoms with Crippen LogP contribution in [0.2, 0.25) is 10.0 Å². The number of ketones is 1. The van der Waals surface area contributed by atoms with Crippen LogP contribution in [0.3, 0.4) is 0 Å². The Bertz CT molecular complexity index is 1160. The average molecular weight is 535 g/mol. The molecule has 0 bridgehead atoms. The molecule has 12 heteroatoms. The van der Waals surface area contributed by atoms with Crippen molar-refractivity contribution in [2.75, 3.05) is 13.2 Å². The van der Waals surface area contributed by atoms with E-state index in [4.69, 9.17) is 23.2 Å². The fourth-order valence-electron chi connectivity index (χ4n) is 3.05. The molecule has 0 aliphatic heterocycles. The van der Waals surface area contributed by atoms with Gasteiger partial charge in [-0.3, -0.25) is 14.4 Å². The first-order chi connectivity index (χ1) is 16.3. The summed E-state index contributed by atoms with van der Waals surface area (Å²) in [5.74, 6) is -3.46. The SMILES string of the molecule is CCNC(=O)[C@@H](CO)NC(=O)c1ccc(C(=O)/C=C(\c2cc(Cl)c(F)c(Cl)c2)C(F)(F)F)cc1C. The van der Waals surface area contributed by atoms with Crippen molar-refractivity contribution in [2.24, 2.45) is 0 Å². The predicted molar refractivity (Wildman–Crippen MR) is 123 cm³/mol. The normalized spacial score (nSPS) is 12.8. The number of carbonyl (C=O) groups excluding carboxylic acids is 3. The molecule has 2 amide bonds. The van der Waals surface area contributed by atoms with Crippen molar-refractivity contribution in [2.45, 2.75) is 26.1 Å². The fraction of sp³-hybridized carbons (Fsp3) is 0.261. The summed E-state index contributed by atoms with van der Waals surface area (Å²) in [6, 6.07) is 3.75. The van der Waals surface area contributed by atoms with E-state index in [0.29, 0.717) is 18.2 Å². The van der Waals surface area contributed by atoms with Crippen LogP contribution in [0, 0.1) is 12.7 Å². The summed E-state index contributed by atoms with van der Waals surface area (Å²) in [5.41, 5.74) is -1.88. The van der Waals surface area contributed by atoms with Gasteiger partial charge >= 0.3 is 6.18 Å². The van der Waals surface area contributed by atoms with E-state index < -0.39 is 63.4 Å². The van der Waals surface area contributed by atoms with E-state index in [0.717, 1.165) is 6.07 Å². The fourth-order valence-corrected chi connectivity index (χ4v) is 3.54. The summed E-state index contributed by atoms with van der Waals surface area (Å²) < 4.78 is 54.6. The first kappa shape index (κ1) is 28.3. The molecule has 3 N–H and O–H groups in total. The summed E-state index contributed by atoms with van der Waals surface area (Å²) in [6.07, 6.45) is -4.67. The van der Waals surface area contributed by atoms with E-state index >= 15 is 0 Å². The molecule has 188 valence electrons. The smallest absolute Gasteiger partial charge is 0.394 e. The molecule has 0 unspecified atom stereocenters. The van der Waals surface area contributed by atoms with E-state index in [-0.39, 0.29) is 23.2 Å². The molecule has 0 aromatic heterocycles. The van der Waals surface area contributed by atoms with Crippen molar-refractivity contribution in [3.05, 3.63) is 74.5 Å². The molecular weight excluding hydrogens is 515 g/mol. The van der Waals surface area contributed by atoms with Gasteiger partial charge in [-0.15, -0.1) is 0 Å². The number of halogens is 6. The van der Waals surface area contributed by atoms with Gasteiger partial charge < -0.3 is 15.7 Å². The zero-order valence-corrected chi connectivity index (χ0v) is 19.9. The van der Waals surface area contributed by atoms with Crippen molar-refractivity contribution < 1.29 is 37.1 Å². The minimum absolute atomic E-state index is 0.0430. The summed E-state index contributed by atoms with van der Waals surface area (Å²) in [5, 5.41) is 12.9. The number of amides is 2. The third-order valence-corrected chi connectivity index (χ3v) is 5.34. The van der Waals surface area contributed by atoms with Crippen LogP contribution in [0.25, 0.3) is 5.57 Å². The Morgan fingerprint density at radius 2 is 1.69 bits per heavy atom. The molecule has 2 aromatic rings. The Morgan fingerprint density at radius 1 is 1.09 bits per heavy atom. The van der Waals surface area contributed by atoms with Crippen LogP contribution in [-0.2, 0) is 4.79 Å². The van der Waals surface area contributed by atoms with Crippen LogP contribution >= 0.6 is 23.2 Å². The molecule has 2 rings (SSSR count). The summed E-state index contributed by atoms with van der Waals surface area (Å²) in [4.78, 5) is 37.0. The molecule has 0 radical (unpaired) electrons. The number of aryl methyl sites for hydroxylation is 1. The Kier molecular flexibility index (Phi) is 9.42. The maximum Gasteiger partial charge on any atom is 0.417 e. The number of allylic oxidation sites excluding steroid dienone is 2. The average Bonchev–Trinajstić information content (AvgIpc) is 2.77. The topological polar surface area (TPSA) is 95.5 Å². The van der Waals surface area contributed by atoms with Gasteiger partial charge in [0.25, 0.3) is 5.91 Å². The largest absolute Gasteiger partial charge is 0.417 e. The quantitative estimate of drug-likeness (QED) is 0.201. The summed E-state index contributed by atoms with van der Waals surface area (Å²) in [6.45, 7) is 2.73. The highest BCUT2D eigenvalue weighted by molar-refractivity contribution is 6.35. The van der Waals surface area contributed by atoms with E-state index in [2.05, 4.69) is 10.6 Å². The zero-order chi connectivity index (χ0) is 26.5. The van der Waals surface area contributed by atoms with Crippen molar-refractivity contribution in [1.82, 2.24) is 10.6 Å². The lowest BCUT2D eigenvalue weighted by Crippen LogP contribution is -2.49. The maximum absolute atomic E-state index is 13.7. The number of carbonyl (C=O) groups is 3. The Balaban J connectivity index is 2.37. The molecule has 35 heavy (non-hydrogen) atoms. The lowest BCUT2D eigenvalue weighted by atomic mass is 9.98. The van der Waals surface area contributed by atoms with E-state index in [9.17, 15) is 37.1 Å². The number of aliphatic hydroxyl groups is 1. The molecule has 1 atom stereocenters. The van der Waals surface area contributed by atoms with E-state index in [1.54, 1.807) is 6.92 Å². The first-order valence-electron chi connectivity index (χ1n) is 10.1. The molecule has 0 heterocycles. The van der Waals surface area contributed by atoms with Gasteiger partial charge in [-0.25, -0.2) is 4.39 Å². The van der Waals surface area contributed by atoms with Gasteiger partial charge in [-0.1, -0.05) is 29.3 Å². The third kappa shape index (κ3) is 7.03. The third-order valence-electron chi connectivity index (χ3n) is 4.79. The second kappa shape index (κ2) is 11.7. The second-order valence-corrected chi connectivity index (χ2v) is 8.12. The number of alkyl halides is 3. The highest BCUT2D eigenvalue weighted by Crippen LogP contribution is 2.37. The Morgan fingerprint density at radius 3 is 2.17 bits per heavy atom. The number of hydrogen-bond acceptors (Lipinski definition) is 4. The molecular formula is C23H20Cl2F4N2O4. The lowest BCUT2D eigenvalue weighted by Gasteiger charge is -2.16. The molecule has 0 saturated carbocycles. The van der Waals surface area contributed by atoms with Gasteiger partial charge in [0.05, 0.1) is 22.2 Å². The molecule has 2 aromatic carbocycles. The second-order valence-electron chi connectivity index (χ2n) is 7.31. The lowest BCUT2D eigenvalue weighted by molar-refractivity contribution is -0.123. The van der Waals surface area contributed by atoms with Gasteiger partial charge in [0.2, 0.25) is 5.91 Å². The molecule has 0 aliphatic rings. The standard InChI is InChI=1S/C23H20Cl2F4N2O4/c1-3-30-22(35)18(10-32)31-21(34)14-5-4-12(6-11(14)2)19(33)9-15(23(27,28)29)13-7-16(24)20(26)17(25)8-13/h4-9,18,32H,3,10H2,1-2H3,(H,30,35)(H,31,34)/b15-9+/t18-/m1/s1. The number of aliphatic hydroxyl groups excluding tert-OH is 1. The van der Waals surface area contributed by atoms with Crippen molar-refractivity contribution in [1.29, 1.82) is 0 Å². The highest BCUT2D eigenvalue weighted by Gasteiger charge is 2.36. The zero-order valence-electron chi connectivity index (χ0n) is 18.4. The maximum atomic E-state index is 13.7. The van der Waals surface area contributed by atoms with Crippen molar-refractivity contribution in [3.63, 3.8) is 0 Å². The number of rotatable bonds is 8. The van der Waals surface area contributed by atoms with Crippen LogP contribution in [0.15, 0.2) is 36.4 Å². The number of benzene rings is 2. The molecule has 0 aliphatic carbocycles. The summed E-state index contributed by atoms with van der Waals surface area (Å²) >= 11 is 11.2. The first-order valence-corrected chi connectivity index (χ1v) is 10.8. The predicted octanol–water partition coefficient (Wildman–Crippen LogP) is 4.50. The van der Waals surface area contributed by atoms with Crippen LogP contribution in [0.1, 0.15) is 38.8 Å². The molecule has 0 fully saturated rings. The summed E-state index contributed by atoms with van der Waals surface area (Å²) in [7, 11) is 0. The van der Waals surface area contributed by atoms with Crippen LogP contribution in [0.4, 0.5) is 17.6 Å².